The van der Waals surface area contributed by atoms with Gasteiger partial charge in [-0.1, -0.05) is 37.3 Å². The van der Waals surface area contributed by atoms with Gasteiger partial charge < -0.3 is 4.74 Å². The summed E-state index contributed by atoms with van der Waals surface area (Å²) in [6, 6.07) is 7.31. The van der Waals surface area contributed by atoms with Crippen molar-refractivity contribution in [3.05, 3.63) is 54.6 Å². The molecule has 2 atom stereocenters. The zero-order chi connectivity index (χ0) is 13.7. The zero-order valence-electron chi connectivity index (χ0n) is 11.2. The number of esters is 1. The molecule has 1 aliphatic rings. The van der Waals surface area contributed by atoms with Gasteiger partial charge >= 0.3 is 5.97 Å². The van der Waals surface area contributed by atoms with Gasteiger partial charge in [0.2, 0.25) is 0 Å². The van der Waals surface area contributed by atoms with Crippen LogP contribution in [-0.4, -0.2) is 12.1 Å². The van der Waals surface area contributed by atoms with Gasteiger partial charge in [-0.05, 0) is 37.0 Å². The first-order valence-corrected chi connectivity index (χ1v) is 6.80. The van der Waals surface area contributed by atoms with E-state index in [4.69, 9.17) is 4.74 Å². The Labute approximate surface area is 114 Å². The molecule has 100 valence electrons. The second kappa shape index (κ2) is 6.37. The molecule has 0 bridgehead atoms. The van der Waals surface area contributed by atoms with E-state index in [-0.39, 0.29) is 12.1 Å². The van der Waals surface area contributed by atoms with Gasteiger partial charge in [-0.2, -0.15) is 0 Å². The van der Waals surface area contributed by atoms with Crippen molar-refractivity contribution in [2.75, 3.05) is 0 Å². The molecule has 0 amide bonds. The van der Waals surface area contributed by atoms with Crippen molar-refractivity contribution in [1.29, 1.82) is 0 Å². The van der Waals surface area contributed by atoms with Crippen LogP contribution < -0.4 is 0 Å². The van der Waals surface area contributed by atoms with Crippen LogP contribution in [0.1, 0.15) is 41.6 Å². The van der Waals surface area contributed by atoms with E-state index < -0.39 is 0 Å². The molecule has 1 fully saturated rings. The van der Waals surface area contributed by atoms with E-state index in [0.29, 0.717) is 11.5 Å². The Morgan fingerprint density at radius 1 is 1.16 bits per heavy atom. The minimum atomic E-state index is -0.241. The van der Waals surface area contributed by atoms with Crippen LogP contribution in [0.15, 0.2) is 43.5 Å². The number of rotatable bonds is 4. The smallest absolute Gasteiger partial charge is 0.338 e. The van der Waals surface area contributed by atoms with E-state index in [1.165, 1.54) is 6.42 Å². The molecule has 1 aromatic rings. The van der Waals surface area contributed by atoms with Crippen molar-refractivity contribution in [3.63, 3.8) is 0 Å². The summed E-state index contributed by atoms with van der Waals surface area (Å²) in [5, 5.41) is 0. The van der Waals surface area contributed by atoms with E-state index in [9.17, 15) is 4.79 Å². The molecule has 19 heavy (non-hydrogen) atoms. The molecule has 2 rings (SSSR count). The third-order valence-corrected chi connectivity index (χ3v) is 3.70. The van der Waals surface area contributed by atoms with Crippen LogP contribution in [0.5, 0.6) is 0 Å². The van der Waals surface area contributed by atoms with Crippen molar-refractivity contribution >= 4 is 12.0 Å². The number of ether oxygens (including phenoxy) is 1. The number of benzene rings is 1. The second-order valence-electron chi connectivity index (χ2n) is 4.95. The van der Waals surface area contributed by atoms with Crippen molar-refractivity contribution in [1.82, 2.24) is 0 Å². The molecule has 0 radical (unpaired) electrons. The summed E-state index contributed by atoms with van der Waals surface area (Å²) in [5.74, 6) is 0.0551. The van der Waals surface area contributed by atoms with Crippen LogP contribution in [0.25, 0.3) is 6.08 Å². The molecule has 2 nitrogen and oxygen atoms in total. The third-order valence-electron chi connectivity index (χ3n) is 3.70. The minimum absolute atomic E-state index is 0.0159. The highest BCUT2D eigenvalue weighted by molar-refractivity contribution is 5.89. The highest BCUT2D eigenvalue weighted by Crippen LogP contribution is 2.28. The number of carbonyl (C=O) groups is 1. The van der Waals surface area contributed by atoms with Gasteiger partial charge in [0.25, 0.3) is 0 Å². The van der Waals surface area contributed by atoms with Gasteiger partial charge in [-0.25, -0.2) is 4.79 Å². The Morgan fingerprint density at radius 3 is 2.47 bits per heavy atom. The summed E-state index contributed by atoms with van der Waals surface area (Å²) in [6.45, 7) is 7.53. The fourth-order valence-corrected chi connectivity index (χ4v) is 2.50. The maximum absolute atomic E-state index is 12.1. The molecule has 0 heterocycles. The van der Waals surface area contributed by atoms with Gasteiger partial charge in [0, 0.05) is 5.92 Å². The van der Waals surface area contributed by atoms with Gasteiger partial charge in [-0.15, -0.1) is 6.58 Å². The lowest BCUT2D eigenvalue weighted by atomic mass is 9.86. The average Bonchev–Trinajstić information content (AvgIpc) is 2.48. The molecule has 0 saturated heterocycles. The van der Waals surface area contributed by atoms with Gasteiger partial charge in [0.15, 0.2) is 0 Å². The Morgan fingerprint density at radius 2 is 1.84 bits per heavy atom. The Balaban J connectivity index is 2.02. The number of hydrogen-bond acceptors (Lipinski definition) is 2. The SMILES string of the molecule is C=Cc1ccc(C(=O)OC2CCCCC2C=C)cc1. The largest absolute Gasteiger partial charge is 0.458 e. The maximum atomic E-state index is 12.1. The molecule has 0 aromatic heterocycles. The normalized spacial score (nSPS) is 22.5. The molecule has 1 aliphatic carbocycles. The van der Waals surface area contributed by atoms with E-state index in [0.717, 1.165) is 24.8 Å². The average molecular weight is 256 g/mol. The summed E-state index contributed by atoms with van der Waals surface area (Å²) < 4.78 is 5.62. The van der Waals surface area contributed by atoms with Crippen molar-refractivity contribution in [3.8, 4) is 0 Å². The molecule has 2 heteroatoms. The highest BCUT2D eigenvalue weighted by atomic mass is 16.5. The van der Waals surface area contributed by atoms with Gasteiger partial charge in [0.1, 0.15) is 6.10 Å². The molecule has 1 saturated carbocycles. The summed E-state index contributed by atoms with van der Waals surface area (Å²) >= 11 is 0. The summed E-state index contributed by atoms with van der Waals surface area (Å²) in [6.07, 6.45) is 7.97. The molecule has 1 aromatic carbocycles. The van der Waals surface area contributed by atoms with Crippen LogP contribution >= 0.6 is 0 Å². The van der Waals surface area contributed by atoms with E-state index >= 15 is 0 Å². The van der Waals surface area contributed by atoms with Gasteiger partial charge in [0.05, 0.1) is 5.56 Å². The van der Waals surface area contributed by atoms with Crippen LogP contribution in [0.3, 0.4) is 0 Å². The van der Waals surface area contributed by atoms with Gasteiger partial charge in [-0.3, -0.25) is 0 Å². The molecule has 0 N–H and O–H groups in total. The maximum Gasteiger partial charge on any atom is 0.338 e. The second-order valence-corrected chi connectivity index (χ2v) is 4.95. The van der Waals surface area contributed by atoms with Crippen molar-refractivity contribution in [2.45, 2.75) is 31.8 Å². The Hall–Kier alpha value is -1.83. The highest BCUT2D eigenvalue weighted by Gasteiger charge is 2.26. The van der Waals surface area contributed by atoms with Crippen LogP contribution in [0.2, 0.25) is 0 Å². The Bertz CT molecular complexity index is 459. The lowest BCUT2D eigenvalue weighted by Gasteiger charge is -2.28. The summed E-state index contributed by atoms with van der Waals surface area (Å²) in [4.78, 5) is 12.1. The summed E-state index contributed by atoms with van der Waals surface area (Å²) in [5.41, 5.74) is 1.59. The summed E-state index contributed by atoms with van der Waals surface area (Å²) in [7, 11) is 0. The first-order valence-electron chi connectivity index (χ1n) is 6.80. The quantitative estimate of drug-likeness (QED) is 0.595. The number of carbonyl (C=O) groups excluding carboxylic acids is 1. The number of hydrogen-bond donors (Lipinski definition) is 0. The molecule has 0 aliphatic heterocycles. The molecular weight excluding hydrogens is 236 g/mol. The zero-order valence-corrected chi connectivity index (χ0v) is 11.2. The predicted octanol–water partition coefficient (Wildman–Crippen LogP) is 4.23. The van der Waals surface area contributed by atoms with Crippen LogP contribution in [0.4, 0.5) is 0 Å². The first-order chi connectivity index (χ1) is 9.24. The van der Waals surface area contributed by atoms with Crippen molar-refractivity contribution in [2.24, 2.45) is 5.92 Å². The monoisotopic (exact) mass is 256 g/mol. The predicted molar refractivity (Wildman–Crippen MR) is 77.9 cm³/mol. The molecular formula is C17H20O2. The van der Waals surface area contributed by atoms with Crippen LogP contribution in [0, 0.1) is 5.92 Å². The van der Waals surface area contributed by atoms with E-state index in [1.54, 1.807) is 18.2 Å². The topological polar surface area (TPSA) is 26.3 Å². The lowest BCUT2D eigenvalue weighted by molar-refractivity contribution is 0.00964. The Kier molecular flexibility index (Phi) is 4.56. The van der Waals surface area contributed by atoms with Crippen LogP contribution in [-0.2, 0) is 4.74 Å². The molecule has 2 unspecified atom stereocenters. The first kappa shape index (κ1) is 13.6. The minimum Gasteiger partial charge on any atom is -0.458 e. The third kappa shape index (κ3) is 3.34. The van der Waals surface area contributed by atoms with E-state index in [1.807, 2.05) is 18.2 Å². The fraction of sp³-hybridized carbons (Fsp3) is 0.353. The lowest BCUT2D eigenvalue weighted by Crippen LogP contribution is -2.28. The van der Waals surface area contributed by atoms with Crippen molar-refractivity contribution < 1.29 is 9.53 Å². The standard InChI is InChI=1S/C17H20O2/c1-3-13-9-11-15(12-10-13)17(18)19-16-8-6-5-7-14(16)4-2/h3-4,9-12,14,16H,1-2,5-8H2. The van der Waals surface area contributed by atoms with E-state index in [2.05, 4.69) is 13.2 Å². The fourth-order valence-electron chi connectivity index (χ4n) is 2.50. The molecule has 0 spiro atoms.